The summed E-state index contributed by atoms with van der Waals surface area (Å²) in [6, 6.07) is 0.422. The number of nitrogens with zero attached hydrogens (tertiary/aromatic N) is 2. The molecule has 2 aliphatic rings. The van der Waals surface area contributed by atoms with Crippen LogP contribution in [0.15, 0.2) is 0 Å². The average molecular weight is 317 g/mol. The van der Waals surface area contributed by atoms with Gasteiger partial charge in [-0.3, -0.25) is 9.68 Å². The molecule has 2 rings (SSSR count). The van der Waals surface area contributed by atoms with Crippen LogP contribution in [0.4, 0.5) is 4.79 Å². The third-order valence-corrected chi connectivity index (χ3v) is 5.83. The molecule has 0 aliphatic carbocycles. The first-order chi connectivity index (χ1) is 9.66. The second-order valence-corrected chi connectivity index (χ2v) is 9.39. The highest BCUT2D eigenvalue weighted by atomic mass is 32.2. The summed E-state index contributed by atoms with van der Waals surface area (Å²) in [7, 11) is -2.31. The molecule has 21 heavy (non-hydrogen) atoms. The number of rotatable bonds is 1. The maximum Gasteiger partial charge on any atom is 0.410 e. The quantitative estimate of drug-likeness (QED) is 0.799. The van der Waals surface area contributed by atoms with Crippen molar-refractivity contribution in [3.63, 3.8) is 0 Å². The molecule has 0 aromatic heterocycles. The van der Waals surface area contributed by atoms with Crippen LogP contribution in [0, 0.1) is 4.78 Å². The summed E-state index contributed by atoms with van der Waals surface area (Å²) in [5.41, 5.74) is -0.452. The SMILES string of the molecule is CC(C)(C)OC(=O)N1CCN(C2CCS(=N)(=O)CC2)CC1. The largest absolute Gasteiger partial charge is 0.444 e. The molecule has 122 valence electrons. The highest BCUT2D eigenvalue weighted by molar-refractivity contribution is 7.92. The lowest BCUT2D eigenvalue weighted by Crippen LogP contribution is -2.54. The van der Waals surface area contributed by atoms with Crippen LogP contribution in [0.1, 0.15) is 33.6 Å². The van der Waals surface area contributed by atoms with Gasteiger partial charge >= 0.3 is 6.09 Å². The van der Waals surface area contributed by atoms with E-state index < -0.39 is 15.3 Å². The molecule has 0 aromatic rings. The Bertz CT molecular complexity index is 462. The zero-order valence-electron chi connectivity index (χ0n) is 13.3. The van der Waals surface area contributed by atoms with Crippen LogP contribution in [-0.2, 0) is 14.5 Å². The molecule has 2 heterocycles. The number of piperazine rings is 1. The summed E-state index contributed by atoms with van der Waals surface area (Å²) in [6.45, 7) is 8.67. The summed E-state index contributed by atoms with van der Waals surface area (Å²) in [5.74, 6) is 1.04. The van der Waals surface area contributed by atoms with Crippen LogP contribution < -0.4 is 0 Å². The van der Waals surface area contributed by atoms with Gasteiger partial charge in [0.15, 0.2) is 0 Å². The predicted octanol–water partition coefficient (Wildman–Crippen LogP) is 1.75. The zero-order chi connectivity index (χ0) is 15.7. The van der Waals surface area contributed by atoms with Gasteiger partial charge in [-0.15, -0.1) is 0 Å². The topological polar surface area (TPSA) is 73.7 Å². The van der Waals surface area contributed by atoms with Crippen molar-refractivity contribution in [2.75, 3.05) is 37.7 Å². The fraction of sp³-hybridized carbons (Fsp3) is 0.929. The molecule has 0 saturated carbocycles. The van der Waals surface area contributed by atoms with E-state index in [1.54, 1.807) is 4.90 Å². The summed E-state index contributed by atoms with van der Waals surface area (Å²) >= 11 is 0. The number of ether oxygens (including phenoxy) is 1. The number of nitrogens with one attached hydrogen (secondary N) is 1. The van der Waals surface area contributed by atoms with Gasteiger partial charge in [0.1, 0.15) is 5.60 Å². The van der Waals surface area contributed by atoms with Gasteiger partial charge in [-0.1, -0.05) is 0 Å². The van der Waals surface area contributed by atoms with Crippen molar-refractivity contribution in [3.05, 3.63) is 0 Å². The Morgan fingerprint density at radius 3 is 2.14 bits per heavy atom. The van der Waals surface area contributed by atoms with Crippen molar-refractivity contribution in [2.24, 2.45) is 0 Å². The minimum absolute atomic E-state index is 0.236. The van der Waals surface area contributed by atoms with E-state index >= 15 is 0 Å². The molecule has 0 radical (unpaired) electrons. The van der Waals surface area contributed by atoms with Crippen LogP contribution in [-0.4, -0.2) is 69.4 Å². The van der Waals surface area contributed by atoms with Gasteiger partial charge in [-0.2, -0.15) is 0 Å². The zero-order valence-corrected chi connectivity index (χ0v) is 14.1. The van der Waals surface area contributed by atoms with Crippen molar-refractivity contribution >= 4 is 15.8 Å². The van der Waals surface area contributed by atoms with Gasteiger partial charge in [-0.05, 0) is 33.6 Å². The summed E-state index contributed by atoms with van der Waals surface area (Å²) in [6.07, 6.45) is 1.45. The molecular formula is C14H27N3O3S. The molecule has 2 aliphatic heterocycles. The first-order valence-electron chi connectivity index (χ1n) is 7.62. The fourth-order valence-electron chi connectivity index (χ4n) is 2.86. The molecular weight excluding hydrogens is 290 g/mol. The maximum atomic E-state index is 12.0. The second kappa shape index (κ2) is 6.12. The first-order valence-corrected chi connectivity index (χ1v) is 9.52. The van der Waals surface area contributed by atoms with Crippen molar-refractivity contribution in [3.8, 4) is 0 Å². The normalized spacial score (nSPS) is 32.0. The van der Waals surface area contributed by atoms with E-state index in [0.717, 1.165) is 25.9 Å². The highest BCUT2D eigenvalue weighted by Gasteiger charge is 2.31. The standard InChI is InChI=1S/C14H27N3O3S/c1-14(2,3)20-13(18)17-8-6-16(7-9-17)12-4-10-21(15,19)11-5-12/h12,15H,4-11H2,1-3H3. The van der Waals surface area contributed by atoms with Crippen molar-refractivity contribution in [2.45, 2.75) is 45.3 Å². The Labute approximate surface area is 127 Å². The van der Waals surface area contributed by atoms with Gasteiger partial charge in [0.25, 0.3) is 0 Å². The van der Waals surface area contributed by atoms with E-state index in [0.29, 0.717) is 30.6 Å². The lowest BCUT2D eigenvalue weighted by molar-refractivity contribution is 0.00985. The van der Waals surface area contributed by atoms with E-state index in [4.69, 9.17) is 9.52 Å². The molecule has 2 saturated heterocycles. The van der Waals surface area contributed by atoms with E-state index in [-0.39, 0.29) is 6.09 Å². The molecule has 0 atom stereocenters. The number of hydrogen-bond donors (Lipinski definition) is 1. The van der Waals surface area contributed by atoms with Gasteiger partial charge < -0.3 is 9.64 Å². The van der Waals surface area contributed by atoms with Gasteiger partial charge in [0, 0.05) is 53.5 Å². The number of carbonyl (C=O) groups is 1. The van der Waals surface area contributed by atoms with Crippen LogP contribution >= 0.6 is 0 Å². The second-order valence-electron chi connectivity index (χ2n) is 6.95. The van der Waals surface area contributed by atoms with E-state index in [2.05, 4.69) is 4.90 Å². The molecule has 2 fully saturated rings. The minimum Gasteiger partial charge on any atom is -0.444 e. The highest BCUT2D eigenvalue weighted by Crippen LogP contribution is 2.20. The molecule has 1 N–H and O–H groups in total. The van der Waals surface area contributed by atoms with Gasteiger partial charge in [-0.25, -0.2) is 9.00 Å². The predicted molar refractivity (Wildman–Crippen MR) is 83.0 cm³/mol. The van der Waals surface area contributed by atoms with Crippen molar-refractivity contribution in [1.29, 1.82) is 4.78 Å². The molecule has 0 bridgehead atoms. The molecule has 0 spiro atoms. The number of hydrogen-bond acceptors (Lipinski definition) is 5. The lowest BCUT2D eigenvalue weighted by atomic mass is 10.1. The smallest absolute Gasteiger partial charge is 0.410 e. The molecule has 7 heteroatoms. The van der Waals surface area contributed by atoms with E-state index in [1.807, 2.05) is 20.8 Å². The summed E-state index contributed by atoms with van der Waals surface area (Å²) in [5, 5.41) is 0. The number of amides is 1. The maximum absolute atomic E-state index is 12.0. The van der Waals surface area contributed by atoms with Crippen LogP contribution in [0.2, 0.25) is 0 Å². The fourth-order valence-corrected chi connectivity index (χ4v) is 4.37. The molecule has 6 nitrogen and oxygen atoms in total. The van der Waals surface area contributed by atoms with Crippen LogP contribution in [0.25, 0.3) is 0 Å². The van der Waals surface area contributed by atoms with Crippen LogP contribution in [0.5, 0.6) is 0 Å². The monoisotopic (exact) mass is 317 g/mol. The van der Waals surface area contributed by atoms with Gasteiger partial charge in [0.2, 0.25) is 0 Å². The van der Waals surface area contributed by atoms with Crippen molar-refractivity contribution in [1.82, 2.24) is 9.80 Å². The summed E-state index contributed by atoms with van der Waals surface area (Å²) < 4.78 is 24.7. The van der Waals surface area contributed by atoms with E-state index in [1.165, 1.54) is 0 Å². The Hall–Kier alpha value is -0.820. The molecule has 0 unspecified atom stereocenters. The van der Waals surface area contributed by atoms with Crippen molar-refractivity contribution < 1.29 is 13.7 Å². The summed E-state index contributed by atoms with van der Waals surface area (Å²) in [4.78, 5) is 16.1. The Balaban J connectivity index is 1.80. The minimum atomic E-state index is -2.31. The van der Waals surface area contributed by atoms with Crippen LogP contribution in [0.3, 0.4) is 0 Å². The molecule has 1 amide bonds. The number of carbonyl (C=O) groups excluding carboxylic acids is 1. The Morgan fingerprint density at radius 1 is 1.14 bits per heavy atom. The average Bonchev–Trinajstić information content (AvgIpc) is 2.37. The Kier molecular flexibility index (Phi) is 4.82. The lowest BCUT2D eigenvalue weighted by Gasteiger charge is -2.41. The van der Waals surface area contributed by atoms with E-state index in [9.17, 15) is 9.00 Å². The third kappa shape index (κ3) is 4.85. The first kappa shape index (κ1) is 16.5. The Morgan fingerprint density at radius 2 is 1.67 bits per heavy atom. The third-order valence-electron chi connectivity index (χ3n) is 4.04. The molecule has 0 aromatic carbocycles. The van der Waals surface area contributed by atoms with Gasteiger partial charge in [0.05, 0.1) is 0 Å².